The number of aromatic amines is 1. The number of nitrogens with zero attached hydrogens (tertiary/aromatic N) is 2. The molecule has 0 fully saturated rings. The van der Waals surface area contributed by atoms with Crippen LogP contribution in [0.2, 0.25) is 0 Å². The normalized spacial score (nSPS) is 10.7. The van der Waals surface area contributed by atoms with Gasteiger partial charge in [0.1, 0.15) is 11.5 Å². The molecule has 0 atom stereocenters. The van der Waals surface area contributed by atoms with Gasteiger partial charge in [-0.2, -0.15) is 0 Å². The fourth-order valence-electron chi connectivity index (χ4n) is 2.16. The second-order valence-electron chi connectivity index (χ2n) is 4.46. The van der Waals surface area contributed by atoms with E-state index in [1.54, 1.807) is 6.20 Å². The van der Waals surface area contributed by atoms with E-state index in [1.165, 1.54) is 6.92 Å². The van der Waals surface area contributed by atoms with Gasteiger partial charge in [0.05, 0.1) is 11.1 Å². The quantitative estimate of drug-likeness (QED) is 0.725. The molecular formula is C15H13N3O2. The minimum Gasteiger partial charge on any atom is -0.424 e. The van der Waals surface area contributed by atoms with E-state index >= 15 is 0 Å². The summed E-state index contributed by atoms with van der Waals surface area (Å²) in [6.07, 6.45) is 1.63. The standard InChI is InChI=1S/C15H13N3O2/c1-9-17-14(11-6-4-3-5-7-11)13-12(20-10(2)19)8-16-15(13)18-9/h3-8H,1-2H3,(H,16,17,18). The maximum Gasteiger partial charge on any atom is 0.308 e. The Hall–Kier alpha value is -2.69. The zero-order valence-electron chi connectivity index (χ0n) is 11.2. The molecule has 0 amide bonds. The molecule has 3 aromatic rings. The first-order chi connectivity index (χ1) is 9.65. The van der Waals surface area contributed by atoms with Crippen LogP contribution in [0, 0.1) is 6.92 Å². The summed E-state index contributed by atoms with van der Waals surface area (Å²) in [6, 6.07) is 9.75. The van der Waals surface area contributed by atoms with Crippen molar-refractivity contribution in [3.05, 3.63) is 42.4 Å². The number of hydrogen-bond donors (Lipinski definition) is 1. The van der Waals surface area contributed by atoms with E-state index in [9.17, 15) is 4.79 Å². The van der Waals surface area contributed by atoms with Gasteiger partial charge in [0.25, 0.3) is 0 Å². The van der Waals surface area contributed by atoms with Crippen molar-refractivity contribution in [2.45, 2.75) is 13.8 Å². The molecule has 100 valence electrons. The van der Waals surface area contributed by atoms with Gasteiger partial charge in [-0.3, -0.25) is 4.79 Å². The van der Waals surface area contributed by atoms with Crippen LogP contribution >= 0.6 is 0 Å². The second-order valence-corrected chi connectivity index (χ2v) is 4.46. The Kier molecular flexibility index (Phi) is 2.95. The molecule has 0 spiro atoms. The van der Waals surface area contributed by atoms with Gasteiger partial charge in [-0.25, -0.2) is 9.97 Å². The number of nitrogens with one attached hydrogen (secondary N) is 1. The average molecular weight is 267 g/mol. The molecule has 0 saturated carbocycles. The van der Waals surface area contributed by atoms with Gasteiger partial charge in [-0.1, -0.05) is 30.3 Å². The van der Waals surface area contributed by atoms with Crippen LogP contribution in [0.15, 0.2) is 36.5 Å². The van der Waals surface area contributed by atoms with Crippen LogP contribution < -0.4 is 4.74 Å². The second kappa shape index (κ2) is 4.77. The summed E-state index contributed by atoms with van der Waals surface area (Å²) in [5, 5.41) is 0.719. The van der Waals surface area contributed by atoms with Crippen LogP contribution in [0.25, 0.3) is 22.3 Å². The number of fused-ring (bicyclic) bond motifs is 1. The monoisotopic (exact) mass is 267 g/mol. The molecule has 1 aromatic carbocycles. The molecule has 0 saturated heterocycles. The van der Waals surface area contributed by atoms with E-state index in [-0.39, 0.29) is 5.97 Å². The van der Waals surface area contributed by atoms with Crippen molar-refractivity contribution < 1.29 is 9.53 Å². The SMILES string of the molecule is CC(=O)Oc1c[nH]c2nc(C)nc(-c3ccccc3)c12. The molecule has 0 bridgehead atoms. The Morgan fingerprint density at radius 1 is 1.20 bits per heavy atom. The van der Waals surface area contributed by atoms with E-state index in [1.807, 2.05) is 37.3 Å². The molecule has 5 heteroatoms. The molecule has 0 unspecified atom stereocenters. The molecule has 5 nitrogen and oxygen atoms in total. The van der Waals surface area contributed by atoms with Gasteiger partial charge in [0.15, 0.2) is 5.75 Å². The van der Waals surface area contributed by atoms with Crippen LogP contribution in [0.4, 0.5) is 0 Å². The van der Waals surface area contributed by atoms with E-state index < -0.39 is 0 Å². The summed E-state index contributed by atoms with van der Waals surface area (Å²) in [6.45, 7) is 3.20. The Balaban J connectivity index is 2.29. The van der Waals surface area contributed by atoms with Crippen molar-refractivity contribution in [1.29, 1.82) is 0 Å². The van der Waals surface area contributed by atoms with Crippen molar-refractivity contribution in [3.8, 4) is 17.0 Å². The van der Waals surface area contributed by atoms with Gasteiger partial charge < -0.3 is 9.72 Å². The number of aryl methyl sites for hydroxylation is 1. The third-order valence-electron chi connectivity index (χ3n) is 2.91. The predicted molar refractivity (Wildman–Crippen MR) is 75.4 cm³/mol. The van der Waals surface area contributed by atoms with E-state index in [2.05, 4.69) is 15.0 Å². The van der Waals surface area contributed by atoms with Crippen LogP contribution in [0.1, 0.15) is 12.7 Å². The van der Waals surface area contributed by atoms with Gasteiger partial charge in [0.2, 0.25) is 0 Å². The minimum atomic E-state index is -0.370. The van der Waals surface area contributed by atoms with Gasteiger partial charge in [-0.15, -0.1) is 0 Å². The van der Waals surface area contributed by atoms with Gasteiger partial charge >= 0.3 is 5.97 Å². The summed E-state index contributed by atoms with van der Waals surface area (Å²) < 4.78 is 5.22. The average Bonchev–Trinajstić information content (AvgIpc) is 2.81. The summed E-state index contributed by atoms with van der Waals surface area (Å²) in [5.74, 6) is 0.740. The number of rotatable bonds is 2. The molecule has 2 heterocycles. The maximum absolute atomic E-state index is 11.2. The first kappa shape index (κ1) is 12.3. The lowest BCUT2D eigenvalue weighted by Crippen LogP contribution is -2.01. The summed E-state index contributed by atoms with van der Waals surface area (Å²) in [7, 11) is 0. The van der Waals surface area contributed by atoms with Crippen molar-refractivity contribution >= 4 is 17.0 Å². The summed E-state index contributed by atoms with van der Waals surface area (Å²) in [5.41, 5.74) is 2.37. The molecule has 1 N–H and O–H groups in total. The molecule has 2 aromatic heterocycles. The molecule has 0 aliphatic heterocycles. The number of carbonyl (C=O) groups is 1. The van der Waals surface area contributed by atoms with Crippen molar-refractivity contribution in [3.63, 3.8) is 0 Å². The highest BCUT2D eigenvalue weighted by Gasteiger charge is 2.16. The van der Waals surface area contributed by atoms with Gasteiger partial charge in [-0.05, 0) is 6.92 Å². The lowest BCUT2D eigenvalue weighted by Gasteiger charge is -2.06. The van der Waals surface area contributed by atoms with E-state index in [0.717, 1.165) is 16.6 Å². The lowest BCUT2D eigenvalue weighted by molar-refractivity contribution is -0.131. The lowest BCUT2D eigenvalue weighted by atomic mass is 10.1. The molecule has 0 aliphatic carbocycles. The number of hydrogen-bond acceptors (Lipinski definition) is 4. The Morgan fingerprint density at radius 2 is 1.95 bits per heavy atom. The molecule has 0 aliphatic rings. The minimum absolute atomic E-state index is 0.370. The van der Waals surface area contributed by atoms with Crippen molar-refractivity contribution in [1.82, 2.24) is 15.0 Å². The molecule has 0 radical (unpaired) electrons. The van der Waals surface area contributed by atoms with Crippen molar-refractivity contribution in [2.75, 3.05) is 0 Å². The van der Waals surface area contributed by atoms with Crippen LogP contribution in [-0.4, -0.2) is 20.9 Å². The topological polar surface area (TPSA) is 67.9 Å². The summed E-state index contributed by atoms with van der Waals surface area (Å²) >= 11 is 0. The van der Waals surface area contributed by atoms with Crippen LogP contribution in [0.5, 0.6) is 5.75 Å². The fourth-order valence-corrected chi connectivity index (χ4v) is 2.16. The number of carbonyl (C=O) groups excluding carboxylic acids is 1. The largest absolute Gasteiger partial charge is 0.424 e. The van der Waals surface area contributed by atoms with Gasteiger partial charge in [0, 0.05) is 18.7 Å². The number of H-pyrrole nitrogens is 1. The first-order valence-electron chi connectivity index (χ1n) is 6.24. The third-order valence-corrected chi connectivity index (χ3v) is 2.91. The summed E-state index contributed by atoms with van der Waals surface area (Å²) in [4.78, 5) is 23.0. The Morgan fingerprint density at radius 3 is 2.65 bits per heavy atom. The first-order valence-corrected chi connectivity index (χ1v) is 6.24. The zero-order chi connectivity index (χ0) is 14.1. The maximum atomic E-state index is 11.2. The molecule has 3 rings (SSSR count). The predicted octanol–water partition coefficient (Wildman–Crippen LogP) is 2.86. The van der Waals surface area contributed by atoms with E-state index in [0.29, 0.717) is 17.2 Å². The Bertz CT molecular complexity index is 778. The number of esters is 1. The molecule has 20 heavy (non-hydrogen) atoms. The highest BCUT2D eigenvalue weighted by molar-refractivity contribution is 5.97. The fraction of sp³-hybridized carbons (Fsp3) is 0.133. The smallest absolute Gasteiger partial charge is 0.308 e. The van der Waals surface area contributed by atoms with E-state index in [4.69, 9.17) is 4.74 Å². The Labute approximate surface area is 115 Å². The zero-order valence-corrected chi connectivity index (χ0v) is 11.2. The number of benzene rings is 1. The number of aromatic nitrogens is 3. The highest BCUT2D eigenvalue weighted by Crippen LogP contribution is 2.33. The molecular weight excluding hydrogens is 254 g/mol. The number of ether oxygens (including phenoxy) is 1. The third kappa shape index (κ3) is 2.14. The van der Waals surface area contributed by atoms with Crippen molar-refractivity contribution in [2.24, 2.45) is 0 Å². The van der Waals surface area contributed by atoms with Crippen LogP contribution in [0.3, 0.4) is 0 Å². The highest BCUT2D eigenvalue weighted by atomic mass is 16.5. The van der Waals surface area contributed by atoms with Crippen LogP contribution in [-0.2, 0) is 4.79 Å².